The monoisotopic (exact) mass is 288 g/mol. The number of fused-ring (bicyclic) bond motifs is 1. The highest BCUT2D eigenvalue weighted by molar-refractivity contribution is 5.83. The predicted molar refractivity (Wildman–Crippen MR) is 81.8 cm³/mol. The largest absolute Gasteiger partial charge is 0.363 e. The van der Waals surface area contributed by atoms with Gasteiger partial charge < -0.3 is 15.4 Å². The third-order valence-corrected chi connectivity index (χ3v) is 4.73. The Morgan fingerprint density at radius 2 is 2.24 bits per heavy atom. The van der Waals surface area contributed by atoms with Crippen molar-refractivity contribution in [3.63, 3.8) is 0 Å². The predicted octanol–water partition coefficient (Wildman–Crippen LogP) is 1.89. The van der Waals surface area contributed by atoms with E-state index >= 15 is 0 Å². The Kier molecular flexibility index (Phi) is 4.27. The first-order valence-electron chi connectivity index (χ1n) is 7.90. The lowest BCUT2D eigenvalue weighted by molar-refractivity contribution is -0.147. The van der Waals surface area contributed by atoms with Crippen LogP contribution in [0.25, 0.3) is 0 Å². The summed E-state index contributed by atoms with van der Waals surface area (Å²) < 4.78 is 5.79. The highest BCUT2D eigenvalue weighted by Crippen LogP contribution is 2.30. The molecule has 21 heavy (non-hydrogen) atoms. The number of hydrogen-bond donors (Lipinski definition) is 1. The van der Waals surface area contributed by atoms with Crippen LogP contribution >= 0.6 is 0 Å². The quantitative estimate of drug-likeness (QED) is 0.904. The highest BCUT2D eigenvalue weighted by atomic mass is 16.5. The third-order valence-electron chi connectivity index (χ3n) is 4.73. The van der Waals surface area contributed by atoms with Gasteiger partial charge >= 0.3 is 0 Å². The van der Waals surface area contributed by atoms with Gasteiger partial charge in [0.15, 0.2) is 6.10 Å². The van der Waals surface area contributed by atoms with Gasteiger partial charge in [0, 0.05) is 19.1 Å². The lowest BCUT2D eigenvalue weighted by atomic mass is 9.91. The number of rotatable bonds is 2. The Morgan fingerprint density at radius 1 is 1.43 bits per heavy atom. The van der Waals surface area contributed by atoms with Gasteiger partial charge in [-0.2, -0.15) is 0 Å². The Morgan fingerprint density at radius 3 is 3.05 bits per heavy atom. The van der Waals surface area contributed by atoms with E-state index in [1.54, 1.807) is 0 Å². The molecule has 1 aromatic carbocycles. The number of piperidine rings is 1. The third kappa shape index (κ3) is 2.97. The molecular formula is C17H24N2O2. The van der Waals surface area contributed by atoms with Gasteiger partial charge in [0.1, 0.15) is 0 Å². The Bertz CT molecular complexity index is 515. The minimum absolute atomic E-state index is 0.104. The smallest absolute Gasteiger partial charge is 0.256 e. The number of benzene rings is 1. The highest BCUT2D eigenvalue weighted by Gasteiger charge is 2.33. The lowest BCUT2D eigenvalue weighted by Crippen LogP contribution is -2.47. The van der Waals surface area contributed by atoms with E-state index in [2.05, 4.69) is 6.07 Å². The Hall–Kier alpha value is -1.39. The van der Waals surface area contributed by atoms with Crippen LogP contribution in [0.15, 0.2) is 24.3 Å². The molecule has 1 aromatic rings. The number of likely N-dealkylation sites (tertiary alicyclic amines) is 1. The molecule has 1 fully saturated rings. The van der Waals surface area contributed by atoms with E-state index < -0.39 is 6.10 Å². The number of carbonyl (C=O) groups excluding carboxylic acids is 1. The number of ether oxygens (including phenoxy) is 1. The summed E-state index contributed by atoms with van der Waals surface area (Å²) in [6, 6.07) is 8.26. The normalized spacial score (nSPS) is 27.0. The molecule has 3 rings (SSSR count). The molecule has 4 nitrogen and oxygen atoms in total. The van der Waals surface area contributed by atoms with Gasteiger partial charge in [0.05, 0.1) is 6.61 Å². The van der Waals surface area contributed by atoms with Gasteiger partial charge in [-0.1, -0.05) is 24.3 Å². The van der Waals surface area contributed by atoms with Crippen LogP contribution in [-0.4, -0.2) is 36.5 Å². The molecule has 0 aromatic heterocycles. The van der Waals surface area contributed by atoms with Gasteiger partial charge in [0.2, 0.25) is 0 Å². The van der Waals surface area contributed by atoms with Crippen molar-refractivity contribution in [3.05, 3.63) is 35.4 Å². The number of amides is 1. The molecule has 0 spiro atoms. The molecule has 2 heterocycles. The molecule has 1 saturated heterocycles. The van der Waals surface area contributed by atoms with Crippen LogP contribution in [0.1, 0.15) is 37.0 Å². The van der Waals surface area contributed by atoms with Crippen molar-refractivity contribution in [1.29, 1.82) is 0 Å². The summed E-state index contributed by atoms with van der Waals surface area (Å²) in [5, 5.41) is 0. The molecule has 114 valence electrons. The van der Waals surface area contributed by atoms with Crippen molar-refractivity contribution in [2.45, 2.75) is 38.3 Å². The molecule has 2 N–H and O–H groups in total. The van der Waals surface area contributed by atoms with Gasteiger partial charge in [-0.3, -0.25) is 4.79 Å². The minimum atomic E-state index is -0.429. The van der Waals surface area contributed by atoms with Gasteiger partial charge in [-0.05, 0) is 43.2 Å². The molecule has 0 aliphatic carbocycles. The SMILES string of the molecule is C[C@H](N)[C@H]1CCCN(C(=O)[C@H]2OCCc3ccccc32)C1. The number of carbonyl (C=O) groups is 1. The summed E-state index contributed by atoms with van der Waals surface area (Å²) >= 11 is 0. The molecule has 3 atom stereocenters. The Balaban J connectivity index is 1.77. The fourth-order valence-electron chi connectivity index (χ4n) is 3.40. The van der Waals surface area contributed by atoms with Crippen molar-refractivity contribution in [2.75, 3.05) is 19.7 Å². The second-order valence-electron chi connectivity index (χ2n) is 6.25. The molecule has 4 heteroatoms. The fourth-order valence-corrected chi connectivity index (χ4v) is 3.40. The summed E-state index contributed by atoms with van der Waals surface area (Å²) in [5.74, 6) is 0.508. The first kappa shape index (κ1) is 14.5. The van der Waals surface area contributed by atoms with Crippen molar-refractivity contribution in [3.8, 4) is 0 Å². The average Bonchev–Trinajstić information content (AvgIpc) is 2.53. The fraction of sp³-hybridized carbons (Fsp3) is 0.588. The van der Waals surface area contributed by atoms with Crippen molar-refractivity contribution in [2.24, 2.45) is 11.7 Å². The van der Waals surface area contributed by atoms with E-state index in [0.29, 0.717) is 12.5 Å². The van der Waals surface area contributed by atoms with E-state index in [9.17, 15) is 4.79 Å². The maximum atomic E-state index is 12.8. The molecule has 0 radical (unpaired) electrons. The molecule has 2 aliphatic heterocycles. The summed E-state index contributed by atoms with van der Waals surface area (Å²) in [4.78, 5) is 14.8. The van der Waals surface area contributed by atoms with E-state index in [1.807, 2.05) is 30.0 Å². The van der Waals surface area contributed by atoms with Crippen LogP contribution in [-0.2, 0) is 16.0 Å². The molecule has 0 bridgehead atoms. The van der Waals surface area contributed by atoms with Gasteiger partial charge in [-0.15, -0.1) is 0 Å². The molecule has 0 saturated carbocycles. The van der Waals surface area contributed by atoms with E-state index in [0.717, 1.165) is 37.9 Å². The van der Waals surface area contributed by atoms with Crippen LogP contribution < -0.4 is 5.73 Å². The maximum Gasteiger partial charge on any atom is 0.256 e. The van der Waals surface area contributed by atoms with Crippen molar-refractivity contribution >= 4 is 5.91 Å². The number of nitrogens with two attached hydrogens (primary N) is 1. The molecule has 2 aliphatic rings. The minimum Gasteiger partial charge on any atom is -0.363 e. The zero-order valence-electron chi connectivity index (χ0n) is 12.6. The second-order valence-corrected chi connectivity index (χ2v) is 6.25. The zero-order valence-corrected chi connectivity index (χ0v) is 12.6. The molecular weight excluding hydrogens is 264 g/mol. The van der Waals surface area contributed by atoms with E-state index in [-0.39, 0.29) is 11.9 Å². The van der Waals surface area contributed by atoms with Crippen LogP contribution in [0, 0.1) is 5.92 Å². The number of nitrogens with zero attached hydrogens (tertiary/aromatic N) is 1. The lowest BCUT2D eigenvalue weighted by Gasteiger charge is -2.37. The second kappa shape index (κ2) is 6.16. The summed E-state index contributed by atoms with van der Waals surface area (Å²) in [6.07, 6.45) is 2.61. The number of hydrogen-bond acceptors (Lipinski definition) is 3. The molecule has 0 unspecified atom stereocenters. The average molecular weight is 288 g/mol. The zero-order chi connectivity index (χ0) is 14.8. The van der Waals surface area contributed by atoms with Crippen LogP contribution in [0.4, 0.5) is 0 Å². The van der Waals surface area contributed by atoms with Gasteiger partial charge in [-0.25, -0.2) is 0 Å². The van der Waals surface area contributed by atoms with E-state index in [1.165, 1.54) is 5.56 Å². The Labute approximate surface area is 126 Å². The van der Waals surface area contributed by atoms with Crippen molar-refractivity contribution < 1.29 is 9.53 Å². The van der Waals surface area contributed by atoms with Crippen LogP contribution in [0.2, 0.25) is 0 Å². The molecule has 1 amide bonds. The summed E-state index contributed by atoms with van der Waals surface area (Å²) in [5.41, 5.74) is 8.29. The summed E-state index contributed by atoms with van der Waals surface area (Å²) in [7, 11) is 0. The summed E-state index contributed by atoms with van der Waals surface area (Å²) in [6.45, 7) is 4.24. The van der Waals surface area contributed by atoms with Crippen LogP contribution in [0.3, 0.4) is 0 Å². The maximum absolute atomic E-state index is 12.8. The van der Waals surface area contributed by atoms with E-state index in [4.69, 9.17) is 10.5 Å². The first-order chi connectivity index (χ1) is 10.2. The first-order valence-corrected chi connectivity index (χ1v) is 7.90. The standard InChI is InChI=1S/C17H24N2O2/c1-12(18)14-6-4-9-19(11-14)17(20)16-15-7-3-2-5-13(15)8-10-21-16/h2-3,5,7,12,14,16H,4,6,8-11,18H2,1H3/t12-,14-,16-/m0/s1. The van der Waals surface area contributed by atoms with Gasteiger partial charge in [0.25, 0.3) is 5.91 Å². The topological polar surface area (TPSA) is 55.6 Å². The van der Waals surface area contributed by atoms with Crippen molar-refractivity contribution in [1.82, 2.24) is 4.90 Å². The van der Waals surface area contributed by atoms with Crippen LogP contribution in [0.5, 0.6) is 0 Å².